The standard InChI is InChI=1S/C14H16N4O/c15-18-14-16-9-8-13(17-14)19-12-7-3-5-10-4-1-2-6-11(10)12/h1-2,4,6,8-9,12H,3,5,7,15H2,(H,16,17,18). The summed E-state index contributed by atoms with van der Waals surface area (Å²) < 4.78 is 5.98. The zero-order valence-corrected chi connectivity index (χ0v) is 10.5. The number of nitrogens with one attached hydrogen (secondary N) is 1. The van der Waals surface area contributed by atoms with Gasteiger partial charge in [0.2, 0.25) is 11.8 Å². The summed E-state index contributed by atoms with van der Waals surface area (Å²) in [7, 11) is 0. The number of ether oxygens (including phenoxy) is 1. The highest BCUT2D eigenvalue weighted by Gasteiger charge is 2.21. The number of hydrazine groups is 1. The van der Waals surface area contributed by atoms with Crippen LogP contribution in [0, 0.1) is 0 Å². The highest BCUT2D eigenvalue weighted by atomic mass is 16.5. The fraction of sp³-hybridized carbons (Fsp3) is 0.286. The number of anilines is 1. The number of nitrogens with zero attached hydrogens (tertiary/aromatic N) is 2. The Balaban J connectivity index is 1.84. The molecule has 1 aliphatic carbocycles. The van der Waals surface area contributed by atoms with Gasteiger partial charge in [-0.2, -0.15) is 4.98 Å². The van der Waals surface area contributed by atoms with E-state index in [0.29, 0.717) is 11.8 Å². The first-order valence-corrected chi connectivity index (χ1v) is 6.41. The molecule has 0 bridgehead atoms. The van der Waals surface area contributed by atoms with Gasteiger partial charge in [0.1, 0.15) is 6.10 Å². The number of nitrogen functional groups attached to an aromatic ring is 1. The Morgan fingerprint density at radius 2 is 2.16 bits per heavy atom. The third-order valence-electron chi connectivity index (χ3n) is 3.34. The number of hydrogen-bond acceptors (Lipinski definition) is 5. The second kappa shape index (κ2) is 5.24. The molecule has 19 heavy (non-hydrogen) atoms. The summed E-state index contributed by atoms with van der Waals surface area (Å²) in [5, 5.41) is 0. The number of fused-ring (bicyclic) bond motifs is 1. The third kappa shape index (κ3) is 2.51. The Hall–Kier alpha value is -2.14. The maximum Gasteiger partial charge on any atom is 0.240 e. The van der Waals surface area contributed by atoms with E-state index in [1.54, 1.807) is 12.3 Å². The van der Waals surface area contributed by atoms with Crippen molar-refractivity contribution in [1.29, 1.82) is 0 Å². The predicted octanol–water partition coefficient (Wildman–Crippen LogP) is 2.22. The van der Waals surface area contributed by atoms with Crippen LogP contribution in [0.25, 0.3) is 0 Å². The quantitative estimate of drug-likeness (QED) is 0.650. The largest absolute Gasteiger partial charge is 0.469 e. The average Bonchev–Trinajstić information content (AvgIpc) is 2.48. The van der Waals surface area contributed by atoms with Gasteiger partial charge in [0.05, 0.1) is 0 Å². The summed E-state index contributed by atoms with van der Waals surface area (Å²) in [6, 6.07) is 10.2. The molecular formula is C14H16N4O. The second-order valence-corrected chi connectivity index (χ2v) is 4.56. The van der Waals surface area contributed by atoms with Crippen LogP contribution < -0.4 is 16.0 Å². The molecule has 1 aromatic heterocycles. The molecular weight excluding hydrogens is 240 g/mol. The van der Waals surface area contributed by atoms with Crippen LogP contribution in [0.1, 0.15) is 30.1 Å². The molecule has 0 saturated carbocycles. The summed E-state index contributed by atoms with van der Waals surface area (Å²) >= 11 is 0. The number of aryl methyl sites for hydroxylation is 1. The van der Waals surface area contributed by atoms with Crippen molar-refractivity contribution in [3.8, 4) is 5.88 Å². The molecule has 3 N–H and O–H groups in total. The van der Waals surface area contributed by atoms with Crippen LogP contribution in [-0.2, 0) is 6.42 Å². The summed E-state index contributed by atoms with van der Waals surface area (Å²) in [5.41, 5.74) is 5.05. The average molecular weight is 256 g/mol. The molecule has 1 aromatic carbocycles. The van der Waals surface area contributed by atoms with Gasteiger partial charge in [-0.25, -0.2) is 10.8 Å². The minimum absolute atomic E-state index is 0.0606. The lowest BCUT2D eigenvalue weighted by Gasteiger charge is -2.25. The molecule has 1 atom stereocenters. The van der Waals surface area contributed by atoms with Gasteiger partial charge in [0.25, 0.3) is 0 Å². The molecule has 98 valence electrons. The first-order chi connectivity index (χ1) is 9.36. The van der Waals surface area contributed by atoms with E-state index in [4.69, 9.17) is 10.6 Å². The van der Waals surface area contributed by atoms with E-state index in [1.807, 2.05) is 6.07 Å². The number of rotatable bonds is 3. The van der Waals surface area contributed by atoms with E-state index in [1.165, 1.54) is 11.1 Å². The van der Waals surface area contributed by atoms with Crippen LogP contribution in [0.15, 0.2) is 36.5 Å². The summed E-state index contributed by atoms with van der Waals surface area (Å²) in [6.45, 7) is 0. The molecule has 0 aliphatic heterocycles. The van der Waals surface area contributed by atoms with Gasteiger partial charge in [-0.3, -0.25) is 5.43 Å². The van der Waals surface area contributed by atoms with Crippen LogP contribution in [0.2, 0.25) is 0 Å². The van der Waals surface area contributed by atoms with Crippen LogP contribution in [0.3, 0.4) is 0 Å². The molecule has 1 aliphatic rings. The lowest BCUT2D eigenvalue weighted by molar-refractivity contribution is 0.176. The zero-order chi connectivity index (χ0) is 13.1. The monoisotopic (exact) mass is 256 g/mol. The van der Waals surface area contributed by atoms with E-state index in [-0.39, 0.29) is 6.10 Å². The van der Waals surface area contributed by atoms with Crippen molar-refractivity contribution in [2.24, 2.45) is 5.84 Å². The van der Waals surface area contributed by atoms with Gasteiger partial charge < -0.3 is 4.74 Å². The smallest absolute Gasteiger partial charge is 0.240 e. The van der Waals surface area contributed by atoms with E-state index in [9.17, 15) is 0 Å². The molecule has 2 aromatic rings. The topological polar surface area (TPSA) is 73.1 Å². The van der Waals surface area contributed by atoms with Crippen LogP contribution in [0.5, 0.6) is 5.88 Å². The lowest BCUT2D eigenvalue weighted by atomic mass is 9.89. The summed E-state index contributed by atoms with van der Waals surface area (Å²) in [6.07, 6.45) is 4.95. The molecule has 0 radical (unpaired) electrons. The normalized spacial score (nSPS) is 17.6. The predicted molar refractivity (Wildman–Crippen MR) is 72.6 cm³/mol. The molecule has 0 fully saturated rings. The minimum Gasteiger partial charge on any atom is -0.469 e. The summed E-state index contributed by atoms with van der Waals surface area (Å²) in [4.78, 5) is 8.16. The van der Waals surface area contributed by atoms with Gasteiger partial charge in [0.15, 0.2) is 0 Å². The highest BCUT2D eigenvalue weighted by Crippen LogP contribution is 2.32. The minimum atomic E-state index is 0.0606. The van der Waals surface area contributed by atoms with Crippen molar-refractivity contribution in [3.05, 3.63) is 47.7 Å². The van der Waals surface area contributed by atoms with E-state index in [0.717, 1.165) is 19.3 Å². The fourth-order valence-electron chi connectivity index (χ4n) is 2.45. The molecule has 5 heteroatoms. The molecule has 0 spiro atoms. The molecule has 3 rings (SSSR count). The Morgan fingerprint density at radius 1 is 1.26 bits per heavy atom. The zero-order valence-electron chi connectivity index (χ0n) is 10.5. The van der Waals surface area contributed by atoms with E-state index >= 15 is 0 Å². The van der Waals surface area contributed by atoms with E-state index < -0.39 is 0 Å². The SMILES string of the molecule is NNc1nccc(OC2CCCc3ccccc32)n1. The first kappa shape index (κ1) is 11.9. The second-order valence-electron chi connectivity index (χ2n) is 4.56. The van der Waals surface area contributed by atoms with Crippen molar-refractivity contribution < 1.29 is 4.74 Å². The Bertz CT molecular complexity index is 573. The first-order valence-electron chi connectivity index (χ1n) is 6.41. The number of hydrogen-bond donors (Lipinski definition) is 2. The fourth-order valence-corrected chi connectivity index (χ4v) is 2.45. The van der Waals surface area contributed by atoms with Crippen molar-refractivity contribution >= 4 is 5.95 Å². The molecule has 0 amide bonds. The molecule has 1 heterocycles. The van der Waals surface area contributed by atoms with Crippen molar-refractivity contribution in [3.63, 3.8) is 0 Å². The molecule has 0 saturated heterocycles. The Labute approximate surface area is 111 Å². The van der Waals surface area contributed by atoms with Gasteiger partial charge >= 0.3 is 0 Å². The summed E-state index contributed by atoms with van der Waals surface area (Å²) in [5.74, 6) is 6.21. The van der Waals surface area contributed by atoms with E-state index in [2.05, 4.69) is 33.6 Å². The van der Waals surface area contributed by atoms with Crippen LogP contribution in [0.4, 0.5) is 5.95 Å². The highest BCUT2D eigenvalue weighted by molar-refractivity contribution is 5.32. The molecule has 1 unspecified atom stereocenters. The maximum atomic E-state index is 5.98. The van der Waals surface area contributed by atoms with Gasteiger partial charge in [-0.15, -0.1) is 0 Å². The lowest BCUT2D eigenvalue weighted by Crippen LogP contribution is -2.16. The van der Waals surface area contributed by atoms with Gasteiger partial charge in [-0.05, 0) is 30.4 Å². The third-order valence-corrected chi connectivity index (χ3v) is 3.34. The van der Waals surface area contributed by atoms with Crippen molar-refractivity contribution in [2.45, 2.75) is 25.4 Å². The van der Waals surface area contributed by atoms with Crippen molar-refractivity contribution in [1.82, 2.24) is 9.97 Å². The maximum absolute atomic E-state index is 5.98. The van der Waals surface area contributed by atoms with Crippen molar-refractivity contribution in [2.75, 3.05) is 5.43 Å². The van der Waals surface area contributed by atoms with Gasteiger partial charge in [0, 0.05) is 12.3 Å². The van der Waals surface area contributed by atoms with Gasteiger partial charge in [-0.1, -0.05) is 24.3 Å². The number of benzene rings is 1. The molecule has 5 nitrogen and oxygen atoms in total. The van der Waals surface area contributed by atoms with Crippen LogP contribution in [-0.4, -0.2) is 9.97 Å². The Kier molecular flexibility index (Phi) is 3.29. The number of nitrogens with two attached hydrogens (primary N) is 1. The Morgan fingerprint density at radius 3 is 3.05 bits per heavy atom. The van der Waals surface area contributed by atoms with Crippen LogP contribution >= 0.6 is 0 Å². The number of aromatic nitrogens is 2.